The number of aromatic carboxylic acids is 1. The molecule has 0 spiro atoms. The summed E-state index contributed by atoms with van der Waals surface area (Å²) in [6.07, 6.45) is -2.42. The molecule has 6 heteroatoms. The van der Waals surface area contributed by atoms with Crippen LogP contribution in [0.5, 0.6) is 0 Å². The summed E-state index contributed by atoms with van der Waals surface area (Å²) >= 11 is 0. The quantitative estimate of drug-likeness (QED) is 0.844. The molecule has 0 atom stereocenters. The number of hydrogen-bond donors (Lipinski definition) is 1. The average molecular weight is 233 g/mol. The molecule has 0 aliphatic rings. The van der Waals surface area contributed by atoms with E-state index in [2.05, 4.69) is 0 Å². The van der Waals surface area contributed by atoms with Crippen molar-refractivity contribution in [1.82, 2.24) is 4.90 Å². The number of rotatable bonds is 5. The molecule has 0 bridgehead atoms. The normalized spacial score (nSPS) is 11.4. The molecule has 1 rings (SSSR count). The zero-order valence-corrected chi connectivity index (χ0v) is 9.04. The molecular weight excluding hydrogens is 220 g/mol. The van der Waals surface area contributed by atoms with Crippen molar-refractivity contribution < 1.29 is 23.1 Å². The van der Waals surface area contributed by atoms with Crippen LogP contribution in [0.2, 0.25) is 0 Å². The van der Waals surface area contributed by atoms with Gasteiger partial charge in [0.2, 0.25) is 5.76 Å². The minimum Gasteiger partial charge on any atom is -0.475 e. The summed E-state index contributed by atoms with van der Waals surface area (Å²) in [4.78, 5) is 12.0. The first kappa shape index (κ1) is 12.6. The first-order valence-electron chi connectivity index (χ1n) is 4.69. The monoisotopic (exact) mass is 233 g/mol. The lowest BCUT2D eigenvalue weighted by Gasteiger charge is -2.13. The molecule has 0 aromatic carbocycles. The lowest BCUT2D eigenvalue weighted by atomic mass is 10.2. The molecule has 1 aromatic rings. The Morgan fingerprint density at radius 2 is 2.25 bits per heavy atom. The first-order chi connectivity index (χ1) is 7.40. The summed E-state index contributed by atoms with van der Waals surface area (Å²) in [6, 6.07) is 1.55. The Hall–Kier alpha value is -1.43. The molecule has 0 radical (unpaired) electrons. The van der Waals surface area contributed by atoms with Gasteiger partial charge in [0.25, 0.3) is 6.43 Å². The third kappa shape index (κ3) is 3.30. The molecule has 0 amide bonds. The van der Waals surface area contributed by atoms with Crippen LogP contribution >= 0.6 is 0 Å². The van der Waals surface area contributed by atoms with Gasteiger partial charge in [0.05, 0.1) is 13.1 Å². The fraction of sp³-hybridized carbons (Fsp3) is 0.500. The predicted octanol–water partition coefficient (Wildman–Crippen LogP) is 1.98. The number of hydrogen-bond acceptors (Lipinski definition) is 3. The molecule has 0 saturated heterocycles. The van der Waals surface area contributed by atoms with E-state index >= 15 is 0 Å². The lowest BCUT2D eigenvalue weighted by Crippen LogP contribution is -2.23. The third-order valence-electron chi connectivity index (χ3n) is 2.04. The van der Waals surface area contributed by atoms with Gasteiger partial charge in [-0.25, -0.2) is 13.6 Å². The van der Waals surface area contributed by atoms with Crippen LogP contribution in [0.4, 0.5) is 8.78 Å². The summed E-state index contributed by atoms with van der Waals surface area (Å²) < 4.78 is 29.1. The van der Waals surface area contributed by atoms with Gasteiger partial charge >= 0.3 is 5.97 Å². The maximum atomic E-state index is 12.0. The van der Waals surface area contributed by atoms with Crippen molar-refractivity contribution in [2.24, 2.45) is 0 Å². The Kier molecular flexibility index (Phi) is 4.00. The Morgan fingerprint density at radius 1 is 1.62 bits per heavy atom. The molecule has 0 aliphatic carbocycles. The summed E-state index contributed by atoms with van der Waals surface area (Å²) in [5.41, 5.74) is 0.493. The smallest absolute Gasteiger partial charge is 0.372 e. The largest absolute Gasteiger partial charge is 0.475 e. The second-order valence-electron chi connectivity index (χ2n) is 3.62. The molecule has 1 heterocycles. The Morgan fingerprint density at radius 3 is 2.69 bits per heavy atom. The second kappa shape index (κ2) is 5.07. The van der Waals surface area contributed by atoms with E-state index in [1.54, 1.807) is 13.0 Å². The van der Waals surface area contributed by atoms with Gasteiger partial charge in [-0.05, 0) is 20.0 Å². The molecule has 0 aliphatic heterocycles. The molecule has 1 N–H and O–H groups in total. The highest BCUT2D eigenvalue weighted by molar-refractivity contribution is 5.86. The van der Waals surface area contributed by atoms with Crippen molar-refractivity contribution in [2.75, 3.05) is 13.6 Å². The number of furan rings is 1. The summed E-state index contributed by atoms with van der Waals surface area (Å²) in [5, 5.41) is 8.73. The van der Waals surface area contributed by atoms with Crippen LogP contribution in [0.3, 0.4) is 0 Å². The van der Waals surface area contributed by atoms with Crippen LogP contribution in [-0.4, -0.2) is 36.0 Å². The van der Waals surface area contributed by atoms with Gasteiger partial charge in [0.1, 0.15) is 5.76 Å². The van der Waals surface area contributed by atoms with Crippen molar-refractivity contribution in [3.05, 3.63) is 23.2 Å². The topological polar surface area (TPSA) is 53.7 Å². The van der Waals surface area contributed by atoms with Gasteiger partial charge in [-0.15, -0.1) is 0 Å². The molecule has 4 nitrogen and oxygen atoms in total. The van der Waals surface area contributed by atoms with Gasteiger partial charge in [0.15, 0.2) is 0 Å². The number of carboxylic acids is 1. The number of nitrogens with zero attached hydrogens (tertiary/aromatic N) is 1. The van der Waals surface area contributed by atoms with E-state index in [9.17, 15) is 13.6 Å². The van der Waals surface area contributed by atoms with Crippen molar-refractivity contribution in [1.29, 1.82) is 0 Å². The van der Waals surface area contributed by atoms with Crippen LogP contribution in [-0.2, 0) is 6.54 Å². The number of carboxylic acid groups (broad SMARTS) is 1. The Balaban J connectivity index is 2.68. The molecular formula is C10H13F2NO3. The Bertz CT molecular complexity index is 376. The number of halogens is 2. The molecule has 90 valence electrons. The SMILES string of the molecule is Cc1cc(CN(C)CC(F)F)oc1C(=O)O. The Labute approximate surface area is 91.5 Å². The zero-order chi connectivity index (χ0) is 12.3. The van der Waals surface area contributed by atoms with E-state index in [1.807, 2.05) is 0 Å². The van der Waals surface area contributed by atoms with E-state index in [4.69, 9.17) is 9.52 Å². The van der Waals surface area contributed by atoms with Gasteiger partial charge in [0, 0.05) is 5.56 Å². The molecule has 1 aromatic heterocycles. The van der Waals surface area contributed by atoms with Gasteiger partial charge < -0.3 is 9.52 Å². The maximum absolute atomic E-state index is 12.0. The first-order valence-corrected chi connectivity index (χ1v) is 4.69. The van der Waals surface area contributed by atoms with Crippen molar-refractivity contribution in [3.63, 3.8) is 0 Å². The zero-order valence-electron chi connectivity index (χ0n) is 9.04. The molecule has 0 unspecified atom stereocenters. The summed E-state index contributed by atoms with van der Waals surface area (Å²) in [5.74, 6) is -0.918. The van der Waals surface area contributed by atoms with E-state index < -0.39 is 12.4 Å². The second-order valence-corrected chi connectivity index (χ2v) is 3.62. The van der Waals surface area contributed by atoms with Crippen molar-refractivity contribution in [3.8, 4) is 0 Å². The van der Waals surface area contributed by atoms with Crippen LogP contribution in [0.1, 0.15) is 21.9 Å². The van der Waals surface area contributed by atoms with Crippen LogP contribution in [0.15, 0.2) is 10.5 Å². The van der Waals surface area contributed by atoms with Crippen LogP contribution < -0.4 is 0 Å². The molecule has 0 saturated carbocycles. The van der Waals surface area contributed by atoms with Gasteiger partial charge in [-0.2, -0.15) is 0 Å². The highest BCUT2D eigenvalue weighted by atomic mass is 19.3. The fourth-order valence-electron chi connectivity index (χ4n) is 1.40. The summed E-state index contributed by atoms with van der Waals surface area (Å²) in [6.45, 7) is 1.39. The molecule has 16 heavy (non-hydrogen) atoms. The van der Waals surface area contributed by atoms with E-state index in [1.165, 1.54) is 11.9 Å². The van der Waals surface area contributed by atoms with E-state index in [-0.39, 0.29) is 18.8 Å². The highest BCUT2D eigenvalue weighted by Crippen LogP contribution is 2.16. The van der Waals surface area contributed by atoms with E-state index in [0.717, 1.165) is 0 Å². The van der Waals surface area contributed by atoms with Crippen LogP contribution in [0, 0.1) is 6.92 Å². The van der Waals surface area contributed by atoms with Crippen LogP contribution in [0.25, 0.3) is 0 Å². The van der Waals surface area contributed by atoms with Crippen molar-refractivity contribution in [2.45, 2.75) is 19.9 Å². The minimum absolute atomic E-state index is 0.138. The number of carbonyl (C=O) groups is 1. The standard InChI is InChI=1S/C10H13F2NO3/c1-6-3-7(16-9(6)10(14)15)4-13(2)5-8(11)12/h3,8H,4-5H2,1-2H3,(H,14,15). The highest BCUT2D eigenvalue weighted by Gasteiger charge is 2.16. The minimum atomic E-state index is -2.42. The lowest BCUT2D eigenvalue weighted by molar-refractivity contribution is 0.0652. The summed E-state index contributed by atoms with van der Waals surface area (Å²) in [7, 11) is 1.52. The average Bonchev–Trinajstić information content (AvgIpc) is 2.44. The number of aryl methyl sites for hydroxylation is 1. The third-order valence-corrected chi connectivity index (χ3v) is 2.04. The van der Waals surface area contributed by atoms with E-state index in [0.29, 0.717) is 11.3 Å². The van der Waals surface area contributed by atoms with Gasteiger partial charge in [-0.1, -0.05) is 0 Å². The van der Waals surface area contributed by atoms with Gasteiger partial charge in [-0.3, -0.25) is 4.90 Å². The molecule has 0 fully saturated rings. The number of alkyl halides is 2. The van der Waals surface area contributed by atoms with Crippen molar-refractivity contribution >= 4 is 5.97 Å². The fourth-order valence-corrected chi connectivity index (χ4v) is 1.40. The maximum Gasteiger partial charge on any atom is 0.372 e. The predicted molar refractivity (Wildman–Crippen MR) is 52.7 cm³/mol.